The monoisotopic (exact) mass is 280 g/mol. The van der Waals surface area contributed by atoms with Gasteiger partial charge in [0.1, 0.15) is 18.3 Å². The predicted molar refractivity (Wildman–Crippen MR) is 68.8 cm³/mol. The molecule has 0 atom stereocenters. The lowest BCUT2D eigenvalue weighted by atomic mass is 10.1. The van der Waals surface area contributed by atoms with Gasteiger partial charge in [-0.15, -0.1) is 0 Å². The minimum absolute atomic E-state index is 0.755. The SMILES string of the molecule is CCN1CN=CC2=C1N1CCN=C1C(Br)=C2. The lowest BCUT2D eigenvalue weighted by Gasteiger charge is -2.37. The van der Waals surface area contributed by atoms with E-state index in [9.17, 15) is 0 Å². The van der Waals surface area contributed by atoms with Crippen molar-refractivity contribution in [2.45, 2.75) is 6.92 Å². The number of allylic oxidation sites excluding steroid dienone is 2. The van der Waals surface area contributed by atoms with Crippen molar-refractivity contribution < 1.29 is 0 Å². The highest BCUT2D eigenvalue weighted by Crippen LogP contribution is 2.31. The maximum atomic E-state index is 4.52. The third-order valence-corrected chi connectivity index (χ3v) is 3.60. The number of aliphatic imine (C=N–C) groups is 2. The summed E-state index contributed by atoms with van der Waals surface area (Å²) in [6.07, 6.45) is 4.07. The zero-order valence-electron chi connectivity index (χ0n) is 9.15. The van der Waals surface area contributed by atoms with E-state index in [1.165, 1.54) is 11.4 Å². The molecule has 0 amide bonds. The van der Waals surface area contributed by atoms with E-state index >= 15 is 0 Å². The van der Waals surface area contributed by atoms with Crippen LogP contribution in [0.4, 0.5) is 0 Å². The van der Waals surface area contributed by atoms with E-state index in [4.69, 9.17) is 0 Å². The summed E-state index contributed by atoms with van der Waals surface area (Å²) in [5.41, 5.74) is 1.18. The van der Waals surface area contributed by atoms with Gasteiger partial charge in [0.25, 0.3) is 0 Å². The molecule has 0 fully saturated rings. The molecule has 3 rings (SSSR count). The molecule has 0 aliphatic carbocycles. The number of fused-ring (bicyclic) bond motifs is 2. The summed E-state index contributed by atoms with van der Waals surface area (Å²) in [4.78, 5) is 13.5. The molecule has 0 radical (unpaired) electrons. The molecule has 0 aromatic heterocycles. The molecule has 3 aliphatic rings. The van der Waals surface area contributed by atoms with Gasteiger partial charge in [-0.05, 0) is 28.9 Å². The van der Waals surface area contributed by atoms with Crippen molar-refractivity contribution in [2.24, 2.45) is 9.98 Å². The fourth-order valence-corrected chi connectivity index (χ4v) is 2.87. The van der Waals surface area contributed by atoms with E-state index in [-0.39, 0.29) is 0 Å². The van der Waals surface area contributed by atoms with Crippen molar-refractivity contribution in [3.63, 3.8) is 0 Å². The summed E-state index contributed by atoms with van der Waals surface area (Å²) in [7, 11) is 0. The fourth-order valence-electron chi connectivity index (χ4n) is 2.28. The molecule has 0 spiro atoms. The van der Waals surface area contributed by atoms with Crippen LogP contribution in [0.3, 0.4) is 0 Å². The topological polar surface area (TPSA) is 31.2 Å². The number of halogens is 1. The highest BCUT2D eigenvalue weighted by atomic mass is 79.9. The Kier molecular flexibility index (Phi) is 2.35. The number of rotatable bonds is 1. The Morgan fingerprint density at radius 3 is 3.19 bits per heavy atom. The lowest BCUT2D eigenvalue weighted by Crippen LogP contribution is -2.42. The van der Waals surface area contributed by atoms with Gasteiger partial charge in [-0.1, -0.05) is 0 Å². The molecule has 0 bridgehead atoms. The Hall–Kier alpha value is -1.10. The van der Waals surface area contributed by atoms with E-state index in [1.807, 2.05) is 6.21 Å². The van der Waals surface area contributed by atoms with E-state index in [1.54, 1.807) is 0 Å². The molecule has 0 saturated heterocycles. The van der Waals surface area contributed by atoms with Crippen molar-refractivity contribution in [1.29, 1.82) is 0 Å². The molecule has 4 nitrogen and oxygen atoms in total. The molecule has 3 heterocycles. The van der Waals surface area contributed by atoms with Gasteiger partial charge >= 0.3 is 0 Å². The van der Waals surface area contributed by atoms with Crippen LogP contribution >= 0.6 is 15.9 Å². The molecule has 0 N–H and O–H groups in total. The third kappa shape index (κ3) is 1.34. The highest BCUT2D eigenvalue weighted by molar-refractivity contribution is 9.12. The number of hydrogen-bond donors (Lipinski definition) is 0. The van der Waals surface area contributed by atoms with Crippen LogP contribution in [0.25, 0.3) is 0 Å². The summed E-state index contributed by atoms with van der Waals surface area (Å²) in [6, 6.07) is 0. The van der Waals surface area contributed by atoms with Crippen molar-refractivity contribution in [3.8, 4) is 0 Å². The van der Waals surface area contributed by atoms with Crippen LogP contribution in [0.2, 0.25) is 0 Å². The van der Waals surface area contributed by atoms with Crippen molar-refractivity contribution in [1.82, 2.24) is 9.80 Å². The minimum atomic E-state index is 0.755. The van der Waals surface area contributed by atoms with Crippen LogP contribution in [0.5, 0.6) is 0 Å². The van der Waals surface area contributed by atoms with E-state index in [0.717, 1.165) is 36.6 Å². The van der Waals surface area contributed by atoms with Crippen LogP contribution in [-0.4, -0.2) is 48.2 Å². The van der Waals surface area contributed by atoms with Gasteiger partial charge in [0, 0.05) is 24.9 Å². The Labute approximate surface area is 103 Å². The first-order chi connectivity index (χ1) is 7.81. The highest BCUT2D eigenvalue weighted by Gasteiger charge is 2.32. The number of nitrogens with zero attached hydrogens (tertiary/aromatic N) is 4. The van der Waals surface area contributed by atoms with Crippen LogP contribution in [0, 0.1) is 0 Å². The third-order valence-electron chi connectivity index (χ3n) is 3.01. The summed E-state index contributed by atoms with van der Waals surface area (Å²) in [5, 5.41) is 0. The average Bonchev–Trinajstić information content (AvgIpc) is 2.77. The first-order valence-corrected chi connectivity index (χ1v) is 6.29. The van der Waals surface area contributed by atoms with Crippen molar-refractivity contribution in [2.75, 3.05) is 26.3 Å². The second kappa shape index (κ2) is 3.73. The van der Waals surface area contributed by atoms with Crippen molar-refractivity contribution >= 4 is 28.0 Å². The fraction of sp³-hybridized carbons (Fsp3) is 0.455. The van der Waals surface area contributed by atoms with Crippen LogP contribution in [0.1, 0.15) is 6.92 Å². The van der Waals surface area contributed by atoms with E-state index in [0.29, 0.717) is 0 Å². The van der Waals surface area contributed by atoms with E-state index < -0.39 is 0 Å². The number of amidine groups is 1. The Morgan fingerprint density at radius 2 is 2.38 bits per heavy atom. The quantitative estimate of drug-likeness (QED) is 0.730. The Bertz CT molecular complexity index is 447. The van der Waals surface area contributed by atoms with Gasteiger partial charge in [0.15, 0.2) is 0 Å². The van der Waals surface area contributed by atoms with Crippen LogP contribution in [-0.2, 0) is 0 Å². The zero-order chi connectivity index (χ0) is 11.1. The normalized spacial score (nSPS) is 23.1. The van der Waals surface area contributed by atoms with Gasteiger partial charge in [0.05, 0.1) is 11.0 Å². The maximum absolute atomic E-state index is 4.52. The Balaban J connectivity index is 2.10. The maximum Gasteiger partial charge on any atom is 0.143 e. The predicted octanol–water partition coefficient (Wildman–Crippen LogP) is 1.57. The summed E-state index contributed by atoms with van der Waals surface area (Å²) in [5.74, 6) is 2.32. The largest absolute Gasteiger partial charge is 0.338 e. The summed E-state index contributed by atoms with van der Waals surface area (Å²) in [6.45, 7) is 5.74. The molecule has 0 aromatic carbocycles. The Morgan fingerprint density at radius 1 is 1.50 bits per heavy atom. The smallest absolute Gasteiger partial charge is 0.143 e. The van der Waals surface area contributed by atoms with Crippen LogP contribution in [0.15, 0.2) is 31.9 Å². The van der Waals surface area contributed by atoms with Gasteiger partial charge in [-0.3, -0.25) is 9.98 Å². The first-order valence-electron chi connectivity index (χ1n) is 5.50. The summed E-state index contributed by atoms with van der Waals surface area (Å²) >= 11 is 3.57. The van der Waals surface area contributed by atoms with Crippen molar-refractivity contribution in [3.05, 3.63) is 22.0 Å². The van der Waals surface area contributed by atoms with Gasteiger partial charge in [-0.25, -0.2) is 0 Å². The zero-order valence-corrected chi connectivity index (χ0v) is 10.7. The molecular formula is C11H13BrN4. The lowest BCUT2D eigenvalue weighted by molar-refractivity contribution is 0.285. The second-order valence-electron chi connectivity index (χ2n) is 3.94. The molecular weight excluding hydrogens is 268 g/mol. The number of hydrogen-bond acceptors (Lipinski definition) is 4. The van der Waals surface area contributed by atoms with Gasteiger partial charge < -0.3 is 9.80 Å². The minimum Gasteiger partial charge on any atom is -0.338 e. The molecule has 0 saturated carbocycles. The van der Waals surface area contributed by atoms with E-state index in [2.05, 4.69) is 48.7 Å². The molecule has 16 heavy (non-hydrogen) atoms. The summed E-state index contributed by atoms with van der Waals surface area (Å²) < 4.78 is 1.06. The first kappa shape index (κ1) is 10.1. The second-order valence-corrected chi connectivity index (χ2v) is 4.79. The molecule has 5 heteroatoms. The molecule has 0 aromatic rings. The average molecular weight is 281 g/mol. The van der Waals surface area contributed by atoms with Gasteiger partial charge in [0.2, 0.25) is 0 Å². The van der Waals surface area contributed by atoms with Crippen LogP contribution < -0.4 is 0 Å². The standard InChI is InChI=1S/C11H13BrN4/c1-2-15-7-13-6-8-5-9(12)10-14-3-4-16(10)11(8)15/h5-6H,2-4,7H2,1H3. The molecule has 84 valence electrons. The van der Waals surface area contributed by atoms with Gasteiger partial charge in [-0.2, -0.15) is 0 Å². The molecule has 0 unspecified atom stereocenters. The molecule has 3 aliphatic heterocycles.